The molecule has 0 aromatic rings. The first-order valence-corrected chi connectivity index (χ1v) is 5.47. The van der Waals surface area contributed by atoms with Crippen LogP contribution in [0.15, 0.2) is 0 Å². The number of halogens is 3. The van der Waals surface area contributed by atoms with Gasteiger partial charge in [-0.3, -0.25) is 0 Å². The third-order valence-corrected chi connectivity index (χ3v) is 2.86. The van der Waals surface area contributed by atoms with Crippen molar-refractivity contribution in [2.45, 2.75) is 44.4 Å². The molecular formula is C10H15F3N2O3. The molecule has 0 aromatic carbocycles. The monoisotopic (exact) mass is 268 g/mol. The highest BCUT2D eigenvalue weighted by Crippen LogP contribution is 2.48. The second-order valence-electron chi connectivity index (χ2n) is 4.74. The van der Waals surface area contributed by atoms with Crippen LogP contribution in [0.3, 0.4) is 0 Å². The molecule has 0 heterocycles. The molecule has 0 bridgehead atoms. The number of amides is 2. The topological polar surface area (TPSA) is 78.4 Å². The van der Waals surface area contributed by atoms with E-state index in [1.54, 1.807) is 13.8 Å². The van der Waals surface area contributed by atoms with Gasteiger partial charge in [-0.25, -0.2) is 9.59 Å². The van der Waals surface area contributed by atoms with E-state index in [-0.39, 0.29) is 12.8 Å². The van der Waals surface area contributed by atoms with Crippen molar-refractivity contribution in [1.82, 2.24) is 10.6 Å². The Balaban J connectivity index is 2.60. The Hall–Kier alpha value is -1.47. The minimum Gasteiger partial charge on any atom is -0.480 e. The Morgan fingerprint density at radius 3 is 2.06 bits per heavy atom. The van der Waals surface area contributed by atoms with Gasteiger partial charge in [0, 0.05) is 0 Å². The van der Waals surface area contributed by atoms with Crippen LogP contribution in [0.25, 0.3) is 0 Å². The Bertz CT molecular complexity index is 351. The maximum atomic E-state index is 12.6. The van der Waals surface area contributed by atoms with Crippen molar-refractivity contribution in [3.63, 3.8) is 0 Å². The van der Waals surface area contributed by atoms with E-state index in [1.807, 2.05) is 10.6 Å². The molecule has 8 heteroatoms. The number of rotatable bonds is 4. The highest BCUT2D eigenvalue weighted by Gasteiger charge is 2.64. The van der Waals surface area contributed by atoms with Gasteiger partial charge in [0.15, 0.2) is 0 Å². The van der Waals surface area contributed by atoms with Crippen molar-refractivity contribution in [3.8, 4) is 0 Å². The summed E-state index contributed by atoms with van der Waals surface area (Å²) in [6.45, 7) is 3.10. The van der Waals surface area contributed by atoms with Gasteiger partial charge in [-0.2, -0.15) is 13.2 Å². The zero-order chi connectivity index (χ0) is 14.1. The third kappa shape index (κ3) is 3.05. The van der Waals surface area contributed by atoms with E-state index in [2.05, 4.69) is 0 Å². The lowest BCUT2D eigenvalue weighted by molar-refractivity contribution is -0.162. The van der Waals surface area contributed by atoms with Gasteiger partial charge < -0.3 is 15.7 Å². The second-order valence-corrected chi connectivity index (χ2v) is 4.74. The molecule has 1 atom stereocenters. The fraction of sp³-hybridized carbons (Fsp3) is 0.800. The molecule has 104 valence electrons. The Morgan fingerprint density at radius 2 is 1.78 bits per heavy atom. The quantitative estimate of drug-likeness (QED) is 0.722. The van der Waals surface area contributed by atoms with Crippen LogP contribution >= 0.6 is 0 Å². The molecule has 1 aliphatic carbocycles. The van der Waals surface area contributed by atoms with Crippen molar-refractivity contribution in [1.29, 1.82) is 0 Å². The minimum absolute atomic E-state index is 0.177. The lowest BCUT2D eigenvalue weighted by Crippen LogP contribution is -2.55. The molecule has 1 unspecified atom stereocenters. The molecule has 0 spiro atoms. The third-order valence-electron chi connectivity index (χ3n) is 2.86. The maximum Gasteiger partial charge on any atom is 0.411 e. The zero-order valence-electron chi connectivity index (χ0n) is 9.97. The summed E-state index contributed by atoms with van der Waals surface area (Å²) >= 11 is 0. The van der Waals surface area contributed by atoms with Crippen LogP contribution in [0, 0.1) is 5.92 Å². The molecule has 1 rings (SSSR count). The van der Waals surface area contributed by atoms with Crippen LogP contribution in [0.2, 0.25) is 0 Å². The molecule has 0 saturated heterocycles. The van der Waals surface area contributed by atoms with Crippen LogP contribution in [0.5, 0.6) is 0 Å². The van der Waals surface area contributed by atoms with E-state index in [0.717, 1.165) is 0 Å². The van der Waals surface area contributed by atoms with Gasteiger partial charge in [0.1, 0.15) is 11.6 Å². The number of urea groups is 1. The van der Waals surface area contributed by atoms with Crippen molar-refractivity contribution < 1.29 is 27.9 Å². The Labute approximate surface area is 102 Å². The summed E-state index contributed by atoms with van der Waals surface area (Å²) in [6, 6.07) is -2.32. The van der Waals surface area contributed by atoms with Gasteiger partial charge in [0.05, 0.1) is 0 Å². The maximum absolute atomic E-state index is 12.6. The van der Waals surface area contributed by atoms with E-state index in [9.17, 15) is 22.8 Å². The molecule has 0 aliphatic heterocycles. The smallest absolute Gasteiger partial charge is 0.411 e. The number of carboxylic acids is 1. The number of carbonyl (C=O) groups excluding carboxylic acids is 1. The van der Waals surface area contributed by atoms with E-state index in [0.29, 0.717) is 0 Å². The highest BCUT2D eigenvalue weighted by atomic mass is 19.4. The SMILES string of the molecule is CC(C)C(NC(=O)NC1(C(F)(F)F)CC1)C(=O)O. The van der Waals surface area contributed by atoms with Crippen LogP contribution < -0.4 is 10.6 Å². The average Bonchev–Trinajstić information content (AvgIpc) is 2.93. The standard InChI is InChI=1S/C10H15F3N2O3/c1-5(2)6(7(16)17)14-8(18)15-9(3-4-9)10(11,12)13/h5-6H,3-4H2,1-2H3,(H,16,17)(H2,14,15,18). The number of carbonyl (C=O) groups is 2. The number of alkyl halides is 3. The van der Waals surface area contributed by atoms with Gasteiger partial charge in [0.25, 0.3) is 0 Å². The average molecular weight is 268 g/mol. The van der Waals surface area contributed by atoms with Crippen LogP contribution in [-0.4, -0.2) is 34.9 Å². The first kappa shape index (κ1) is 14.6. The van der Waals surface area contributed by atoms with E-state index < -0.39 is 35.7 Å². The largest absolute Gasteiger partial charge is 0.480 e. The summed E-state index contributed by atoms with van der Waals surface area (Å²) in [6.07, 6.45) is -4.87. The molecule has 1 fully saturated rings. The Morgan fingerprint density at radius 1 is 1.28 bits per heavy atom. The Kier molecular flexibility index (Phi) is 3.78. The summed E-state index contributed by atoms with van der Waals surface area (Å²) in [5, 5.41) is 12.6. The van der Waals surface area contributed by atoms with Gasteiger partial charge in [-0.15, -0.1) is 0 Å². The molecule has 0 radical (unpaired) electrons. The van der Waals surface area contributed by atoms with Crippen molar-refractivity contribution in [2.24, 2.45) is 5.92 Å². The van der Waals surface area contributed by atoms with E-state index in [4.69, 9.17) is 5.11 Å². The minimum atomic E-state index is -4.51. The van der Waals surface area contributed by atoms with Crippen LogP contribution in [0.1, 0.15) is 26.7 Å². The predicted molar refractivity (Wildman–Crippen MR) is 55.9 cm³/mol. The molecule has 18 heavy (non-hydrogen) atoms. The number of aliphatic carboxylic acids is 1. The van der Waals surface area contributed by atoms with Gasteiger partial charge in [-0.05, 0) is 18.8 Å². The summed E-state index contributed by atoms with van der Waals surface area (Å²) in [5.74, 6) is -1.70. The molecule has 1 aliphatic rings. The number of carboxylic acid groups (broad SMARTS) is 1. The fourth-order valence-electron chi connectivity index (χ4n) is 1.51. The summed E-state index contributed by atoms with van der Waals surface area (Å²) in [4.78, 5) is 22.2. The first-order chi connectivity index (χ1) is 8.09. The molecule has 3 N–H and O–H groups in total. The summed E-state index contributed by atoms with van der Waals surface area (Å²) < 4.78 is 37.7. The number of hydrogen-bond donors (Lipinski definition) is 3. The van der Waals surface area contributed by atoms with Gasteiger partial charge in [-0.1, -0.05) is 13.8 Å². The predicted octanol–water partition coefficient (Wildman–Crippen LogP) is 1.49. The van der Waals surface area contributed by atoms with E-state index >= 15 is 0 Å². The molecule has 0 aromatic heterocycles. The molecule has 5 nitrogen and oxygen atoms in total. The molecule has 2 amide bonds. The van der Waals surface area contributed by atoms with E-state index in [1.165, 1.54) is 0 Å². The number of nitrogens with one attached hydrogen (secondary N) is 2. The lowest BCUT2D eigenvalue weighted by atomic mass is 10.1. The van der Waals surface area contributed by atoms with Gasteiger partial charge in [0.2, 0.25) is 0 Å². The highest BCUT2D eigenvalue weighted by molar-refractivity contribution is 5.83. The normalized spacial score (nSPS) is 19.2. The summed E-state index contributed by atoms with van der Waals surface area (Å²) in [7, 11) is 0. The number of hydrogen-bond acceptors (Lipinski definition) is 2. The van der Waals surface area contributed by atoms with Crippen LogP contribution in [0.4, 0.5) is 18.0 Å². The van der Waals surface area contributed by atoms with Crippen molar-refractivity contribution in [2.75, 3.05) is 0 Å². The second kappa shape index (κ2) is 4.66. The van der Waals surface area contributed by atoms with Crippen LogP contribution in [-0.2, 0) is 4.79 Å². The molecular weight excluding hydrogens is 253 g/mol. The van der Waals surface area contributed by atoms with Crippen molar-refractivity contribution in [3.05, 3.63) is 0 Å². The first-order valence-electron chi connectivity index (χ1n) is 5.47. The molecule has 1 saturated carbocycles. The van der Waals surface area contributed by atoms with Gasteiger partial charge >= 0.3 is 18.2 Å². The van der Waals surface area contributed by atoms with Crippen molar-refractivity contribution >= 4 is 12.0 Å². The fourth-order valence-corrected chi connectivity index (χ4v) is 1.51. The lowest BCUT2D eigenvalue weighted by Gasteiger charge is -2.23. The summed E-state index contributed by atoms with van der Waals surface area (Å²) in [5.41, 5.74) is -2.18. The zero-order valence-corrected chi connectivity index (χ0v) is 9.97.